The largest absolute Gasteiger partial charge is 0.457 e. The van der Waals surface area contributed by atoms with Gasteiger partial charge in [0.25, 0.3) is 0 Å². The van der Waals surface area contributed by atoms with Gasteiger partial charge in [0.1, 0.15) is 11.5 Å². The van der Waals surface area contributed by atoms with E-state index >= 15 is 0 Å². The summed E-state index contributed by atoms with van der Waals surface area (Å²) in [5.74, 6) is 1.81. The Labute approximate surface area is 300 Å². The van der Waals surface area contributed by atoms with Crippen LogP contribution < -0.4 is 4.74 Å². The lowest BCUT2D eigenvalue weighted by molar-refractivity contribution is 0.436. The average Bonchev–Trinajstić information content (AvgIpc) is 3.82. The number of benzene rings is 8. The second-order valence-corrected chi connectivity index (χ2v) is 14.0. The first kappa shape index (κ1) is 27.9. The zero-order chi connectivity index (χ0) is 34.0. The zero-order valence-corrected chi connectivity index (χ0v) is 28.1. The fourth-order valence-corrected chi connectivity index (χ4v) is 9.60. The van der Waals surface area contributed by atoms with Gasteiger partial charge in [0.05, 0.1) is 27.5 Å². The van der Waals surface area contributed by atoms with Crippen molar-refractivity contribution < 1.29 is 4.74 Å². The van der Waals surface area contributed by atoms with Gasteiger partial charge in [-0.1, -0.05) is 127 Å². The van der Waals surface area contributed by atoms with Gasteiger partial charge in [-0.25, -0.2) is 0 Å². The maximum Gasteiger partial charge on any atom is 0.132 e. The third kappa shape index (κ3) is 3.40. The van der Waals surface area contributed by atoms with Gasteiger partial charge >= 0.3 is 0 Å². The highest BCUT2D eigenvalue weighted by atomic mass is 16.5. The lowest BCUT2D eigenvalue weighted by Crippen LogP contribution is -2.32. The number of nitrogens with zero attached hydrogens (tertiary/aromatic N) is 2. The fourth-order valence-electron chi connectivity index (χ4n) is 9.60. The van der Waals surface area contributed by atoms with Crippen molar-refractivity contribution in [2.45, 2.75) is 5.41 Å². The number of ether oxygens (including phenoxy) is 1. The van der Waals surface area contributed by atoms with E-state index < -0.39 is 5.41 Å². The molecule has 0 bridgehead atoms. The Bertz CT molecular complexity index is 3050. The zero-order valence-electron chi connectivity index (χ0n) is 28.1. The van der Waals surface area contributed by atoms with Gasteiger partial charge in [-0.2, -0.15) is 0 Å². The maximum absolute atomic E-state index is 6.63. The second kappa shape index (κ2) is 10.1. The number of rotatable bonds is 2. The van der Waals surface area contributed by atoms with Crippen LogP contribution in [0.1, 0.15) is 22.3 Å². The van der Waals surface area contributed by atoms with Crippen LogP contribution in [-0.2, 0) is 5.41 Å². The number of hydrogen-bond donors (Lipinski definition) is 0. The minimum atomic E-state index is -0.533. The van der Waals surface area contributed by atoms with E-state index in [-0.39, 0.29) is 0 Å². The van der Waals surface area contributed by atoms with Crippen LogP contribution in [0.2, 0.25) is 0 Å². The van der Waals surface area contributed by atoms with Crippen molar-refractivity contribution in [2.75, 3.05) is 0 Å². The molecule has 8 aromatic carbocycles. The van der Waals surface area contributed by atoms with Crippen molar-refractivity contribution in [3.05, 3.63) is 204 Å². The molecule has 0 atom stereocenters. The number of hydrogen-bond acceptors (Lipinski definition) is 1. The second-order valence-electron chi connectivity index (χ2n) is 14.0. The number of para-hydroxylation sites is 5. The van der Waals surface area contributed by atoms with Crippen LogP contribution in [0.25, 0.3) is 66.1 Å². The minimum absolute atomic E-state index is 0.533. The third-order valence-corrected chi connectivity index (χ3v) is 11.6. The number of fused-ring (bicyclic) bond motifs is 16. The van der Waals surface area contributed by atoms with Crippen LogP contribution in [0, 0.1) is 0 Å². The van der Waals surface area contributed by atoms with Crippen molar-refractivity contribution >= 4 is 43.6 Å². The van der Waals surface area contributed by atoms with Crippen LogP contribution >= 0.6 is 0 Å². The standard InChI is InChI=1S/C49H30N2O/c1-3-15-31(16-4-1)50-42-24-12-8-19-33(42)36-29-44-37(30-43(36)50)34-27-28-41-47(48(34)51(44)32-17-5-2-6-18-32)35-20-7-9-21-38(35)49(41)39-22-10-13-25-45(39)52-46-26-14-11-23-40(46)49/h1-30H. The molecular weight excluding hydrogens is 633 g/mol. The molecule has 0 radical (unpaired) electrons. The molecule has 242 valence electrons. The van der Waals surface area contributed by atoms with E-state index in [4.69, 9.17) is 4.74 Å². The van der Waals surface area contributed by atoms with Gasteiger partial charge in [0.15, 0.2) is 0 Å². The van der Waals surface area contributed by atoms with Crippen LogP contribution in [0.4, 0.5) is 0 Å². The Morgan fingerprint density at radius 1 is 0.365 bits per heavy atom. The molecule has 3 heterocycles. The maximum atomic E-state index is 6.63. The molecule has 2 aliphatic rings. The summed E-state index contributed by atoms with van der Waals surface area (Å²) in [6.45, 7) is 0. The Morgan fingerprint density at radius 3 is 1.62 bits per heavy atom. The van der Waals surface area contributed by atoms with Crippen LogP contribution in [-0.4, -0.2) is 9.13 Å². The van der Waals surface area contributed by atoms with Crippen LogP contribution in [0.15, 0.2) is 182 Å². The molecule has 2 aromatic heterocycles. The quantitative estimate of drug-likeness (QED) is 0.180. The molecule has 0 saturated carbocycles. The van der Waals surface area contributed by atoms with Crippen molar-refractivity contribution in [2.24, 2.45) is 0 Å². The van der Waals surface area contributed by atoms with Crippen LogP contribution in [0.3, 0.4) is 0 Å². The number of aromatic nitrogens is 2. The molecule has 3 nitrogen and oxygen atoms in total. The highest BCUT2D eigenvalue weighted by Crippen LogP contribution is 2.63. The van der Waals surface area contributed by atoms with Crippen molar-refractivity contribution in [1.29, 1.82) is 0 Å². The fraction of sp³-hybridized carbons (Fsp3) is 0.0204. The van der Waals surface area contributed by atoms with E-state index in [1.165, 1.54) is 77.0 Å². The first-order chi connectivity index (χ1) is 25.8. The Kier molecular flexibility index (Phi) is 5.43. The van der Waals surface area contributed by atoms with Gasteiger partial charge < -0.3 is 13.9 Å². The molecule has 1 aliphatic heterocycles. The van der Waals surface area contributed by atoms with Gasteiger partial charge in [0, 0.05) is 49.6 Å². The molecule has 52 heavy (non-hydrogen) atoms. The lowest BCUT2D eigenvalue weighted by atomic mass is 9.66. The van der Waals surface area contributed by atoms with Gasteiger partial charge in [0.2, 0.25) is 0 Å². The minimum Gasteiger partial charge on any atom is -0.457 e. The average molecular weight is 663 g/mol. The lowest BCUT2D eigenvalue weighted by Gasteiger charge is -2.39. The highest BCUT2D eigenvalue weighted by molar-refractivity contribution is 6.21. The summed E-state index contributed by atoms with van der Waals surface area (Å²) in [5.41, 5.74) is 14.1. The molecule has 10 aromatic rings. The molecule has 12 rings (SSSR count). The predicted octanol–water partition coefficient (Wildman–Crippen LogP) is 12.3. The van der Waals surface area contributed by atoms with Crippen molar-refractivity contribution in [3.8, 4) is 34.0 Å². The van der Waals surface area contributed by atoms with E-state index in [9.17, 15) is 0 Å². The van der Waals surface area contributed by atoms with E-state index in [2.05, 4.69) is 191 Å². The van der Waals surface area contributed by atoms with Crippen LogP contribution in [0.5, 0.6) is 11.5 Å². The van der Waals surface area contributed by atoms with E-state index in [1.54, 1.807) is 0 Å². The molecular formula is C49H30N2O. The summed E-state index contributed by atoms with van der Waals surface area (Å²) >= 11 is 0. The van der Waals surface area contributed by atoms with Crippen molar-refractivity contribution in [3.63, 3.8) is 0 Å². The third-order valence-electron chi connectivity index (χ3n) is 11.6. The molecule has 3 heteroatoms. The SMILES string of the molecule is c1ccc(-n2c3ccccc3c3cc4c(cc32)c2ccc3c(c2n4-c2ccccc2)-c2ccccc2C32c3ccccc3Oc3ccccc32)cc1. The summed E-state index contributed by atoms with van der Waals surface area (Å²) in [6.07, 6.45) is 0. The highest BCUT2D eigenvalue weighted by Gasteiger charge is 2.51. The van der Waals surface area contributed by atoms with Gasteiger partial charge in [-0.15, -0.1) is 0 Å². The summed E-state index contributed by atoms with van der Waals surface area (Å²) in [6, 6.07) is 66.3. The Hall–Kier alpha value is -6.84. The summed E-state index contributed by atoms with van der Waals surface area (Å²) in [7, 11) is 0. The van der Waals surface area contributed by atoms with E-state index in [0.29, 0.717) is 0 Å². The molecule has 0 N–H and O–H groups in total. The molecule has 1 spiro atoms. The van der Waals surface area contributed by atoms with Gasteiger partial charge in [-0.05, 0) is 71.3 Å². The van der Waals surface area contributed by atoms with E-state index in [1.807, 2.05) is 0 Å². The predicted molar refractivity (Wildman–Crippen MR) is 212 cm³/mol. The Balaban J connectivity index is 1.29. The first-order valence-corrected chi connectivity index (χ1v) is 17.9. The normalized spacial score (nSPS) is 13.7. The molecule has 0 saturated heterocycles. The topological polar surface area (TPSA) is 19.1 Å². The molecule has 0 unspecified atom stereocenters. The summed E-state index contributed by atoms with van der Waals surface area (Å²) in [5, 5.41) is 4.97. The van der Waals surface area contributed by atoms with Crippen molar-refractivity contribution in [1.82, 2.24) is 9.13 Å². The first-order valence-electron chi connectivity index (χ1n) is 17.9. The smallest absolute Gasteiger partial charge is 0.132 e. The van der Waals surface area contributed by atoms with Gasteiger partial charge in [-0.3, -0.25) is 0 Å². The summed E-state index contributed by atoms with van der Waals surface area (Å²) in [4.78, 5) is 0. The monoisotopic (exact) mass is 662 g/mol. The van der Waals surface area contributed by atoms with E-state index in [0.717, 1.165) is 22.9 Å². The molecule has 0 fully saturated rings. The Morgan fingerprint density at radius 2 is 0.904 bits per heavy atom. The molecule has 0 amide bonds. The molecule has 1 aliphatic carbocycles. The summed E-state index contributed by atoms with van der Waals surface area (Å²) < 4.78 is 11.6.